The minimum Gasteiger partial charge on any atom is -0.396 e. The van der Waals surface area contributed by atoms with Crippen molar-refractivity contribution < 1.29 is 0 Å². The summed E-state index contributed by atoms with van der Waals surface area (Å²) in [5.41, 5.74) is 7.43. The van der Waals surface area contributed by atoms with Crippen LogP contribution >= 0.6 is 0 Å². The van der Waals surface area contributed by atoms with E-state index in [0.29, 0.717) is 12.2 Å². The van der Waals surface area contributed by atoms with Crippen LogP contribution in [-0.2, 0) is 6.54 Å². The van der Waals surface area contributed by atoms with Crippen molar-refractivity contribution in [3.8, 4) is 6.07 Å². The minimum absolute atomic E-state index is 0.258. The molecule has 0 aromatic carbocycles. The fourth-order valence-corrected chi connectivity index (χ4v) is 1.60. The highest BCUT2D eigenvalue weighted by Crippen LogP contribution is 2.16. The fraction of sp³-hybridized carbons (Fsp3) is 0.154. The van der Waals surface area contributed by atoms with E-state index in [2.05, 4.69) is 9.97 Å². The van der Waals surface area contributed by atoms with Crippen LogP contribution in [-0.4, -0.2) is 17.0 Å². The summed E-state index contributed by atoms with van der Waals surface area (Å²) in [6.07, 6.45) is 3.50. The molecular weight excluding hydrogens is 226 g/mol. The van der Waals surface area contributed by atoms with Gasteiger partial charge in [-0.15, -0.1) is 0 Å². The Hall–Kier alpha value is -2.61. The Morgan fingerprint density at radius 1 is 1.28 bits per heavy atom. The van der Waals surface area contributed by atoms with Gasteiger partial charge in [0, 0.05) is 26.0 Å². The van der Waals surface area contributed by atoms with Gasteiger partial charge in [-0.2, -0.15) is 5.26 Å². The van der Waals surface area contributed by atoms with Gasteiger partial charge in [0.1, 0.15) is 11.9 Å². The van der Waals surface area contributed by atoms with Gasteiger partial charge in [-0.1, -0.05) is 0 Å². The maximum Gasteiger partial charge on any atom is 0.165 e. The number of nitrogens with two attached hydrogens (primary N) is 1. The summed E-state index contributed by atoms with van der Waals surface area (Å²) < 4.78 is 0. The zero-order chi connectivity index (χ0) is 13.0. The summed E-state index contributed by atoms with van der Waals surface area (Å²) in [4.78, 5) is 10.1. The van der Waals surface area contributed by atoms with Gasteiger partial charge in [0.05, 0.1) is 5.69 Å². The molecule has 0 aliphatic carbocycles. The number of pyridine rings is 2. The molecule has 18 heavy (non-hydrogen) atoms. The SMILES string of the molecule is CN(Cc1ccncc1)c1ccc(N)c(C#N)n1. The van der Waals surface area contributed by atoms with Crippen LogP contribution in [0.3, 0.4) is 0 Å². The van der Waals surface area contributed by atoms with Crippen LogP contribution in [0.1, 0.15) is 11.3 Å². The van der Waals surface area contributed by atoms with Crippen molar-refractivity contribution in [2.45, 2.75) is 6.54 Å². The third-order valence-electron chi connectivity index (χ3n) is 2.58. The minimum atomic E-state index is 0.258. The average molecular weight is 239 g/mol. The van der Waals surface area contributed by atoms with Crippen LogP contribution in [0, 0.1) is 11.3 Å². The molecule has 0 unspecified atom stereocenters. The largest absolute Gasteiger partial charge is 0.396 e. The van der Waals surface area contributed by atoms with Crippen LogP contribution in [0.2, 0.25) is 0 Å². The molecule has 0 spiro atoms. The molecular formula is C13H13N5. The maximum atomic E-state index is 8.90. The lowest BCUT2D eigenvalue weighted by atomic mass is 10.2. The normalized spacial score (nSPS) is 9.78. The number of hydrogen-bond acceptors (Lipinski definition) is 5. The summed E-state index contributed by atoms with van der Waals surface area (Å²) in [6, 6.07) is 9.37. The van der Waals surface area contributed by atoms with E-state index in [1.165, 1.54) is 0 Å². The molecule has 2 heterocycles. The van der Waals surface area contributed by atoms with E-state index in [0.717, 1.165) is 11.4 Å². The molecule has 0 radical (unpaired) electrons. The van der Waals surface area contributed by atoms with Crippen LogP contribution in [0.4, 0.5) is 11.5 Å². The van der Waals surface area contributed by atoms with Crippen molar-refractivity contribution in [1.82, 2.24) is 9.97 Å². The molecule has 2 rings (SSSR count). The molecule has 0 bridgehead atoms. The predicted octanol–water partition coefficient (Wildman–Crippen LogP) is 1.57. The number of nitriles is 1. The van der Waals surface area contributed by atoms with E-state index in [1.54, 1.807) is 24.5 Å². The van der Waals surface area contributed by atoms with Gasteiger partial charge < -0.3 is 10.6 Å². The maximum absolute atomic E-state index is 8.90. The Morgan fingerprint density at radius 2 is 2.00 bits per heavy atom. The Balaban J connectivity index is 2.19. The zero-order valence-electron chi connectivity index (χ0n) is 10.0. The quantitative estimate of drug-likeness (QED) is 0.879. The third kappa shape index (κ3) is 2.55. The van der Waals surface area contributed by atoms with Crippen molar-refractivity contribution in [1.29, 1.82) is 5.26 Å². The van der Waals surface area contributed by atoms with Gasteiger partial charge in [-0.25, -0.2) is 4.98 Å². The molecule has 0 amide bonds. The van der Waals surface area contributed by atoms with E-state index in [-0.39, 0.29) is 5.69 Å². The van der Waals surface area contributed by atoms with Gasteiger partial charge >= 0.3 is 0 Å². The molecule has 2 aromatic heterocycles. The summed E-state index contributed by atoms with van der Waals surface area (Å²) in [5.74, 6) is 0.720. The van der Waals surface area contributed by atoms with Crippen molar-refractivity contribution >= 4 is 11.5 Å². The summed E-state index contributed by atoms with van der Waals surface area (Å²) >= 11 is 0. The molecule has 90 valence electrons. The molecule has 0 saturated carbocycles. The first-order valence-electron chi connectivity index (χ1n) is 5.47. The Morgan fingerprint density at radius 3 is 2.67 bits per heavy atom. The lowest BCUT2D eigenvalue weighted by Gasteiger charge is -2.18. The monoisotopic (exact) mass is 239 g/mol. The van der Waals surface area contributed by atoms with Crippen LogP contribution in [0.5, 0.6) is 0 Å². The Bertz CT molecular complexity index is 574. The first-order chi connectivity index (χ1) is 8.70. The first-order valence-corrected chi connectivity index (χ1v) is 5.47. The van der Waals surface area contributed by atoms with E-state index in [9.17, 15) is 0 Å². The highest BCUT2D eigenvalue weighted by atomic mass is 15.2. The first kappa shape index (κ1) is 11.9. The average Bonchev–Trinajstić information content (AvgIpc) is 2.40. The van der Waals surface area contributed by atoms with Crippen molar-refractivity contribution in [2.24, 2.45) is 0 Å². The van der Waals surface area contributed by atoms with Crippen molar-refractivity contribution in [3.63, 3.8) is 0 Å². The Kier molecular flexibility index (Phi) is 3.39. The highest BCUT2D eigenvalue weighted by molar-refractivity contribution is 5.55. The summed E-state index contributed by atoms with van der Waals surface area (Å²) in [6.45, 7) is 0.699. The van der Waals surface area contributed by atoms with Crippen molar-refractivity contribution in [3.05, 3.63) is 47.9 Å². The second-order valence-corrected chi connectivity index (χ2v) is 3.93. The topological polar surface area (TPSA) is 78.8 Å². The molecule has 0 fully saturated rings. The third-order valence-corrected chi connectivity index (χ3v) is 2.58. The van der Waals surface area contributed by atoms with Gasteiger partial charge in [0.25, 0.3) is 0 Å². The Labute approximate surface area is 106 Å². The van der Waals surface area contributed by atoms with E-state index in [1.807, 2.05) is 30.1 Å². The second-order valence-electron chi connectivity index (χ2n) is 3.93. The standard InChI is InChI=1S/C13H13N5/c1-18(9-10-4-6-16-7-5-10)13-3-2-11(15)12(8-14)17-13/h2-7H,9,15H2,1H3. The van der Waals surface area contributed by atoms with Gasteiger partial charge in [-0.05, 0) is 29.8 Å². The smallest absolute Gasteiger partial charge is 0.165 e. The molecule has 0 atom stereocenters. The van der Waals surface area contributed by atoms with Crippen molar-refractivity contribution in [2.75, 3.05) is 17.7 Å². The molecule has 2 aromatic rings. The molecule has 5 nitrogen and oxygen atoms in total. The number of anilines is 2. The number of rotatable bonds is 3. The predicted molar refractivity (Wildman–Crippen MR) is 69.7 cm³/mol. The van der Waals surface area contributed by atoms with Crippen LogP contribution in [0.15, 0.2) is 36.7 Å². The van der Waals surface area contributed by atoms with Crippen LogP contribution in [0.25, 0.3) is 0 Å². The van der Waals surface area contributed by atoms with E-state index < -0.39 is 0 Å². The number of nitrogen functional groups attached to an aromatic ring is 1. The summed E-state index contributed by atoms with van der Waals surface area (Å²) in [5, 5.41) is 8.90. The summed E-state index contributed by atoms with van der Waals surface area (Å²) in [7, 11) is 1.92. The second kappa shape index (κ2) is 5.15. The van der Waals surface area contributed by atoms with E-state index in [4.69, 9.17) is 11.0 Å². The number of aromatic nitrogens is 2. The fourth-order valence-electron chi connectivity index (χ4n) is 1.60. The van der Waals surface area contributed by atoms with Gasteiger partial charge in [-0.3, -0.25) is 4.98 Å². The molecule has 0 aliphatic rings. The highest BCUT2D eigenvalue weighted by Gasteiger charge is 2.07. The van der Waals surface area contributed by atoms with Gasteiger partial charge in [0.2, 0.25) is 0 Å². The molecule has 2 N–H and O–H groups in total. The molecule has 0 aliphatic heterocycles. The van der Waals surface area contributed by atoms with E-state index >= 15 is 0 Å². The lowest BCUT2D eigenvalue weighted by molar-refractivity contribution is 0.894. The molecule has 5 heteroatoms. The molecule has 0 saturated heterocycles. The zero-order valence-corrected chi connectivity index (χ0v) is 10.0. The number of nitrogens with zero attached hydrogens (tertiary/aromatic N) is 4. The lowest BCUT2D eigenvalue weighted by Crippen LogP contribution is -2.18. The van der Waals surface area contributed by atoms with Gasteiger partial charge in [0.15, 0.2) is 5.69 Å². The number of hydrogen-bond donors (Lipinski definition) is 1. The van der Waals surface area contributed by atoms with Crippen LogP contribution < -0.4 is 10.6 Å².